The monoisotopic (exact) mass is 162 g/mol. The van der Waals surface area contributed by atoms with E-state index in [-0.39, 0.29) is 5.91 Å². The summed E-state index contributed by atoms with van der Waals surface area (Å²) in [5, 5.41) is 12.5. The lowest BCUT2D eigenvalue weighted by molar-refractivity contribution is -0.116. The summed E-state index contributed by atoms with van der Waals surface area (Å²) in [5.41, 5.74) is 0. The molecule has 0 aromatic carbocycles. The van der Waals surface area contributed by atoms with Crippen LogP contribution in [-0.2, 0) is 4.79 Å². The first kappa shape index (κ1) is 6.90. The minimum Gasteiger partial charge on any atom is -0.272 e. The summed E-state index contributed by atoms with van der Waals surface area (Å²) >= 11 is 0. The van der Waals surface area contributed by atoms with Crippen LogP contribution < -0.4 is 5.01 Å². The minimum absolute atomic E-state index is 0.0736. The predicted molar refractivity (Wildman–Crippen MR) is 42.6 cm³/mol. The van der Waals surface area contributed by atoms with Crippen LogP contribution in [0.2, 0.25) is 0 Å². The molecule has 0 fully saturated rings. The molecule has 0 N–H and O–H groups in total. The lowest BCUT2D eigenvalue weighted by atomic mass is 10.4. The third-order valence-corrected chi connectivity index (χ3v) is 1.47. The average molecular weight is 162 g/mol. The molecular weight excluding hydrogens is 156 g/mol. The summed E-state index contributed by atoms with van der Waals surface area (Å²) in [6.07, 6.45) is 3.45. The number of carbonyl (C=O) groups excluding carboxylic acids is 1. The molecule has 1 aliphatic rings. The van der Waals surface area contributed by atoms with Crippen LogP contribution in [0.5, 0.6) is 0 Å². The Balaban J connectivity index is 2.31. The second-order valence-corrected chi connectivity index (χ2v) is 2.29. The number of rotatable bonds is 1. The Morgan fingerprint density at radius 1 is 1.50 bits per heavy atom. The summed E-state index contributed by atoms with van der Waals surface area (Å²) in [4.78, 5) is 11.1. The molecular formula is C7H6N4O. The van der Waals surface area contributed by atoms with Crippen molar-refractivity contribution in [1.82, 2.24) is 10.2 Å². The Kier molecular flexibility index (Phi) is 1.55. The van der Waals surface area contributed by atoms with Crippen LogP contribution in [0.4, 0.5) is 5.82 Å². The first-order valence-electron chi connectivity index (χ1n) is 3.51. The molecule has 1 aliphatic heterocycles. The molecule has 0 radical (unpaired) electrons. The van der Waals surface area contributed by atoms with Crippen LogP contribution in [0, 0.1) is 0 Å². The number of hydrazone groups is 1. The second-order valence-electron chi connectivity index (χ2n) is 2.29. The highest BCUT2D eigenvalue weighted by Crippen LogP contribution is 2.12. The molecule has 0 bridgehead atoms. The highest BCUT2D eigenvalue weighted by molar-refractivity contribution is 6.04. The van der Waals surface area contributed by atoms with Gasteiger partial charge in [-0.25, -0.2) is 0 Å². The lowest BCUT2D eigenvalue weighted by Crippen LogP contribution is -2.20. The van der Waals surface area contributed by atoms with Gasteiger partial charge in [0.2, 0.25) is 0 Å². The van der Waals surface area contributed by atoms with Crippen LogP contribution in [0.25, 0.3) is 0 Å². The van der Waals surface area contributed by atoms with Gasteiger partial charge in [-0.1, -0.05) is 0 Å². The number of anilines is 1. The van der Waals surface area contributed by atoms with E-state index >= 15 is 0 Å². The van der Waals surface area contributed by atoms with Crippen molar-refractivity contribution in [3.05, 3.63) is 18.3 Å². The molecule has 2 rings (SSSR count). The fraction of sp³-hybridized carbons (Fsp3) is 0.143. The minimum atomic E-state index is -0.0736. The maximum absolute atomic E-state index is 11.1. The van der Waals surface area contributed by atoms with E-state index in [4.69, 9.17) is 0 Å². The van der Waals surface area contributed by atoms with Gasteiger partial charge in [0.1, 0.15) is 0 Å². The molecule has 0 aliphatic carbocycles. The second kappa shape index (κ2) is 2.69. The van der Waals surface area contributed by atoms with Crippen molar-refractivity contribution in [2.45, 2.75) is 6.42 Å². The van der Waals surface area contributed by atoms with Gasteiger partial charge in [-0.05, 0) is 12.1 Å². The van der Waals surface area contributed by atoms with Gasteiger partial charge in [0.25, 0.3) is 5.91 Å². The van der Waals surface area contributed by atoms with Gasteiger partial charge in [0, 0.05) is 12.4 Å². The zero-order valence-electron chi connectivity index (χ0n) is 6.21. The van der Waals surface area contributed by atoms with Crippen LogP contribution in [0.15, 0.2) is 23.4 Å². The highest BCUT2D eigenvalue weighted by Gasteiger charge is 2.19. The third-order valence-electron chi connectivity index (χ3n) is 1.47. The van der Waals surface area contributed by atoms with E-state index < -0.39 is 0 Å². The van der Waals surface area contributed by atoms with Gasteiger partial charge >= 0.3 is 0 Å². The highest BCUT2D eigenvalue weighted by atomic mass is 16.2. The summed E-state index contributed by atoms with van der Waals surface area (Å²) in [7, 11) is 0. The van der Waals surface area contributed by atoms with Crippen molar-refractivity contribution in [2.75, 3.05) is 5.01 Å². The molecule has 0 saturated heterocycles. The van der Waals surface area contributed by atoms with E-state index in [1.807, 2.05) is 0 Å². The Morgan fingerprint density at radius 3 is 3.00 bits per heavy atom. The van der Waals surface area contributed by atoms with Crippen LogP contribution in [0.3, 0.4) is 0 Å². The molecule has 12 heavy (non-hydrogen) atoms. The first-order valence-corrected chi connectivity index (χ1v) is 3.51. The quantitative estimate of drug-likeness (QED) is 0.592. The van der Waals surface area contributed by atoms with Crippen molar-refractivity contribution >= 4 is 17.9 Å². The smallest absolute Gasteiger partial charge is 0.254 e. The van der Waals surface area contributed by atoms with E-state index in [9.17, 15) is 4.79 Å². The molecule has 0 spiro atoms. The van der Waals surface area contributed by atoms with Crippen molar-refractivity contribution in [3.8, 4) is 0 Å². The van der Waals surface area contributed by atoms with Crippen molar-refractivity contribution < 1.29 is 4.79 Å². The number of nitrogens with zero attached hydrogens (tertiary/aromatic N) is 4. The van der Waals surface area contributed by atoms with Gasteiger partial charge in [-0.2, -0.15) is 15.2 Å². The zero-order chi connectivity index (χ0) is 8.39. The molecule has 5 heteroatoms. The Labute approximate surface area is 68.7 Å². The molecule has 0 saturated carbocycles. The maximum atomic E-state index is 11.1. The number of hydrogen-bond acceptors (Lipinski definition) is 4. The largest absolute Gasteiger partial charge is 0.272 e. The number of aromatic nitrogens is 2. The normalized spacial score (nSPS) is 15.7. The number of hydrogen-bond donors (Lipinski definition) is 0. The summed E-state index contributed by atoms with van der Waals surface area (Å²) in [6, 6.07) is 3.40. The molecule has 60 valence electrons. The third kappa shape index (κ3) is 1.05. The van der Waals surface area contributed by atoms with Crippen molar-refractivity contribution in [1.29, 1.82) is 0 Å². The molecule has 5 nitrogen and oxygen atoms in total. The van der Waals surface area contributed by atoms with Crippen LogP contribution >= 0.6 is 0 Å². The Bertz CT molecular complexity index is 321. The van der Waals surface area contributed by atoms with Crippen molar-refractivity contribution in [2.24, 2.45) is 5.10 Å². The van der Waals surface area contributed by atoms with Gasteiger partial charge in [-0.3, -0.25) is 4.79 Å². The van der Waals surface area contributed by atoms with E-state index in [1.54, 1.807) is 24.5 Å². The topological polar surface area (TPSA) is 58.5 Å². The molecule has 0 unspecified atom stereocenters. The Hall–Kier alpha value is -1.78. The van der Waals surface area contributed by atoms with E-state index in [0.717, 1.165) is 0 Å². The number of amides is 1. The summed E-state index contributed by atoms with van der Waals surface area (Å²) in [6.45, 7) is 0. The molecule has 2 heterocycles. The van der Waals surface area contributed by atoms with Gasteiger partial charge < -0.3 is 0 Å². The molecule has 1 amide bonds. The fourth-order valence-corrected chi connectivity index (χ4v) is 0.945. The molecule has 0 atom stereocenters. The molecule has 1 aromatic rings. The first-order chi connectivity index (χ1) is 5.88. The summed E-state index contributed by atoms with van der Waals surface area (Å²) < 4.78 is 0. The van der Waals surface area contributed by atoms with Crippen LogP contribution in [0.1, 0.15) is 6.42 Å². The van der Waals surface area contributed by atoms with E-state index in [2.05, 4.69) is 15.3 Å². The number of carbonyl (C=O) groups is 1. The maximum Gasteiger partial charge on any atom is 0.254 e. The zero-order valence-corrected chi connectivity index (χ0v) is 6.21. The lowest BCUT2D eigenvalue weighted by Gasteiger charge is -2.07. The van der Waals surface area contributed by atoms with Crippen molar-refractivity contribution in [3.63, 3.8) is 0 Å². The van der Waals surface area contributed by atoms with Gasteiger partial charge in [0.15, 0.2) is 5.82 Å². The van der Waals surface area contributed by atoms with E-state index in [0.29, 0.717) is 12.2 Å². The Morgan fingerprint density at radius 2 is 2.42 bits per heavy atom. The standard InChI is InChI=1S/C7H6N4O/c12-7-3-5-9-11(7)6-2-1-4-8-10-6/h1-2,4-5H,3H2. The molecule has 1 aromatic heterocycles. The van der Waals surface area contributed by atoms with Crippen LogP contribution in [-0.4, -0.2) is 22.3 Å². The average Bonchev–Trinajstić information content (AvgIpc) is 2.53. The van der Waals surface area contributed by atoms with Gasteiger partial charge in [-0.15, -0.1) is 5.10 Å². The van der Waals surface area contributed by atoms with Gasteiger partial charge in [0.05, 0.1) is 6.42 Å². The predicted octanol–water partition coefficient (Wildman–Crippen LogP) is 0.199. The SMILES string of the molecule is O=C1CC=NN1c1cccnn1. The fourth-order valence-electron chi connectivity index (χ4n) is 0.945. The van der Waals surface area contributed by atoms with E-state index in [1.165, 1.54) is 5.01 Å². The summed E-state index contributed by atoms with van der Waals surface area (Å²) in [5.74, 6) is 0.395.